The Bertz CT molecular complexity index is 648. The van der Waals surface area contributed by atoms with Crippen LogP contribution in [-0.4, -0.2) is 56.5 Å². The van der Waals surface area contributed by atoms with Gasteiger partial charge in [-0.15, -0.1) is 0 Å². The highest BCUT2D eigenvalue weighted by Gasteiger charge is 2.23. The van der Waals surface area contributed by atoms with Crippen LogP contribution in [-0.2, 0) is 17.1 Å². The number of aryl methyl sites for hydroxylation is 1. The first kappa shape index (κ1) is 18.0. The van der Waals surface area contributed by atoms with Crippen molar-refractivity contribution >= 4 is 15.9 Å². The van der Waals surface area contributed by atoms with Crippen molar-refractivity contribution in [2.24, 2.45) is 7.05 Å². The minimum absolute atomic E-state index is 0.0965. The topological polar surface area (TPSA) is 83.4 Å². The summed E-state index contributed by atoms with van der Waals surface area (Å²) >= 11 is 0. The molecule has 0 spiro atoms. The molecule has 1 aromatic rings. The third-order valence-electron chi connectivity index (χ3n) is 4.42. The molecule has 0 unspecified atom stereocenters. The summed E-state index contributed by atoms with van der Waals surface area (Å²) in [4.78, 5) is 14.9. The summed E-state index contributed by atoms with van der Waals surface area (Å²) in [5.74, 6) is -0.248. The highest BCUT2D eigenvalue weighted by molar-refractivity contribution is 7.89. The molecule has 8 heteroatoms. The van der Waals surface area contributed by atoms with Gasteiger partial charge in [0.1, 0.15) is 10.6 Å². The predicted octanol–water partition coefficient (Wildman–Crippen LogP) is 0.537. The summed E-state index contributed by atoms with van der Waals surface area (Å²) in [6.07, 6.45) is 4.85. The summed E-state index contributed by atoms with van der Waals surface area (Å²) in [5.41, 5.74) is 0.343. The van der Waals surface area contributed by atoms with Crippen molar-refractivity contribution in [3.8, 4) is 0 Å². The van der Waals surface area contributed by atoms with E-state index in [0.29, 0.717) is 18.3 Å². The lowest BCUT2D eigenvalue weighted by molar-refractivity contribution is 0.0929. The van der Waals surface area contributed by atoms with Gasteiger partial charge >= 0.3 is 0 Å². The summed E-state index contributed by atoms with van der Waals surface area (Å²) in [5, 5.41) is 2.93. The third-order valence-corrected chi connectivity index (χ3v) is 5.80. The molecule has 23 heavy (non-hydrogen) atoms. The molecule has 0 aliphatic carbocycles. The second-order valence-corrected chi connectivity index (χ2v) is 7.78. The van der Waals surface area contributed by atoms with E-state index in [2.05, 4.69) is 21.9 Å². The Kier molecular flexibility index (Phi) is 5.83. The van der Waals surface area contributed by atoms with Gasteiger partial charge in [0.15, 0.2) is 0 Å². The third kappa shape index (κ3) is 4.13. The molecule has 7 nitrogen and oxygen atoms in total. The summed E-state index contributed by atoms with van der Waals surface area (Å²) in [6, 6.07) is 1.74. The average molecular weight is 342 g/mol. The van der Waals surface area contributed by atoms with Crippen LogP contribution in [0.15, 0.2) is 17.2 Å². The molecule has 0 radical (unpaired) electrons. The molecular formula is C15H26N4O3S. The molecule has 2 rings (SSSR count). The van der Waals surface area contributed by atoms with Crippen LogP contribution in [0.2, 0.25) is 0 Å². The molecule has 1 aromatic heterocycles. The predicted molar refractivity (Wildman–Crippen MR) is 88.9 cm³/mol. The van der Waals surface area contributed by atoms with Crippen molar-refractivity contribution in [3.63, 3.8) is 0 Å². The van der Waals surface area contributed by atoms with Crippen LogP contribution in [0.3, 0.4) is 0 Å². The normalized spacial score (nSPS) is 17.3. The molecule has 0 saturated carbocycles. The first-order chi connectivity index (χ1) is 10.9. The molecule has 1 amide bonds. The van der Waals surface area contributed by atoms with Gasteiger partial charge in [0, 0.05) is 25.8 Å². The molecule has 1 saturated heterocycles. The molecule has 130 valence electrons. The highest BCUT2D eigenvalue weighted by atomic mass is 32.2. The number of amides is 1. The number of nitrogens with one attached hydrogen (secondary N) is 2. The highest BCUT2D eigenvalue weighted by Crippen LogP contribution is 2.15. The monoisotopic (exact) mass is 342 g/mol. The van der Waals surface area contributed by atoms with Gasteiger partial charge in [0.05, 0.1) is 0 Å². The van der Waals surface area contributed by atoms with E-state index in [0.717, 1.165) is 19.5 Å². The number of aromatic nitrogens is 1. The smallest absolute Gasteiger partial charge is 0.267 e. The fourth-order valence-electron chi connectivity index (χ4n) is 2.96. The molecule has 1 aliphatic rings. The quantitative estimate of drug-likeness (QED) is 0.757. The Balaban J connectivity index is 2.03. The number of rotatable bonds is 7. The first-order valence-corrected chi connectivity index (χ1v) is 9.49. The van der Waals surface area contributed by atoms with Gasteiger partial charge in [-0.05, 0) is 45.5 Å². The fourth-order valence-corrected chi connectivity index (χ4v) is 3.76. The molecule has 1 fully saturated rings. The number of nitrogens with zero attached hydrogens (tertiary/aromatic N) is 2. The standard InChI is InChI=1S/C15H26N4O3S/c1-4-12(19-7-5-6-8-19)10-17-15(20)14-9-13(11-18(14)3)23(21,22)16-2/h9,11-12,16H,4-8,10H2,1-3H3,(H,17,20)/t12-/m0/s1. The zero-order valence-electron chi connectivity index (χ0n) is 14.0. The number of carbonyl (C=O) groups is 1. The van der Waals surface area contributed by atoms with Crippen LogP contribution in [0.1, 0.15) is 36.7 Å². The van der Waals surface area contributed by atoms with Crippen molar-refractivity contribution in [3.05, 3.63) is 18.0 Å². The SMILES string of the molecule is CC[C@@H](CNC(=O)c1cc(S(=O)(=O)NC)cn1C)N1CCCC1. The van der Waals surface area contributed by atoms with Gasteiger partial charge in [-0.2, -0.15) is 0 Å². The number of hydrogen-bond donors (Lipinski definition) is 2. The maximum atomic E-state index is 12.4. The van der Waals surface area contributed by atoms with E-state index in [4.69, 9.17) is 0 Å². The van der Waals surface area contributed by atoms with E-state index < -0.39 is 10.0 Å². The van der Waals surface area contributed by atoms with Crippen molar-refractivity contribution in [2.75, 3.05) is 26.7 Å². The summed E-state index contributed by atoms with van der Waals surface area (Å²) in [6.45, 7) is 4.87. The van der Waals surface area contributed by atoms with Crippen molar-refractivity contribution in [2.45, 2.75) is 37.1 Å². The van der Waals surface area contributed by atoms with Gasteiger partial charge in [-0.1, -0.05) is 6.92 Å². The van der Waals surface area contributed by atoms with E-state index in [1.54, 1.807) is 7.05 Å². The van der Waals surface area contributed by atoms with E-state index in [1.165, 1.54) is 36.7 Å². The molecule has 2 N–H and O–H groups in total. The maximum absolute atomic E-state index is 12.4. The van der Waals surface area contributed by atoms with Gasteiger partial charge < -0.3 is 9.88 Å². The van der Waals surface area contributed by atoms with Gasteiger partial charge in [0.2, 0.25) is 10.0 Å². The number of carbonyl (C=O) groups excluding carboxylic acids is 1. The molecule has 0 bridgehead atoms. The van der Waals surface area contributed by atoms with Gasteiger partial charge in [0.25, 0.3) is 5.91 Å². The minimum Gasteiger partial charge on any atom is -0.349 e. The summed E-state index contributed by atoms with van der Waals surface area (Å²) < 4.78 is 27.4. The van der Waals surface area contributed by atoms with Crippen LogP contribution < -0.4 is 10.0 Å². The van der Waals surface area contributed by atoms with Crippen LogP contribution in [0, 0.1) is 0 Å². The van der Waals surface area contributed by atoms with Gasteiger partial charge in [-0.25, -0.2) is 13.1 Å². The zero-order valence-corrected chi connectivity index (χ0v) is 14.8. The number of hydrogen-bond acceptors (Lipinski definition) is 4. The second kappa shape index (κ2) is 7.46. The largest absolute Gasteiger partial charge is 0.349 e. The second-order valence-electron chi connectivity index (χ2n) is 5.89. The van der Waals surface area contributed by atoms with Crippen LogP contribution in [0.25, 0.3) is 0 Å². The molecule has 1 aliphatic heterocycles. The van der Waals surface area contributed by atoms with Crippen LogP contribution in [0.5, 0.6) is 0 Å². The summed E-state index contributed by atoms with van der Waals surface area (Å²) in [7, 11) is -0.522. The zero-order chi connectivity index (χ0) is 17.0. The fraction of sp³-hybridized carbons (Fsp3) is 0.667. The lowest BCUT2D eigenvalue weighted by Crippen LogP contribution is -2.42. The maximum Gasteiger partial charge on any atom is 0.267 e. The molecule has 1 atom stereocenters. The van der Waals surface area contributed by atoms with Gasteiger partial charge in [-0.3, -0.25) is 9.69 Å². The van der Waals surface area contributed by atoms with E-state index in [9.17, 15) is 13.2 Å². The lowest BCUT2D eigenvalue weighted by atomic mass is 10.2. The number of likely N-dealkylation sites (tertiary alicyclic amines) is 1. The Morgan fingerprint density at radius 2 is 2.00 bits per heavy atom. The van der Waals surface area contributed by atoms with Crippen LogP contribution in [0.4, 0.5) is 0 Å². The lowest BCUT2D eigenvalue weighted by Gasteiger charge is -2.26. The van der Waals surface area contributed by atoms with E-state index in [1.807, 2.05) is 0 Å². The first-order valence-electron chi connectivity index (χ1n) is 8.01. The van der Waals surface area contributed by atoms with E-state index in [-0.39, 0.29) is 10.8 Å². The molecular weight excluding hydrogens is 316 g/mol. The van der Waals surface area contributed by atoms with Crippen molar-refractivity contribution in [1.29, 1.82) is 0 Å². The van der Waals surface area contributed by atoms with Crippen molar-refractivity contribution in [1.82, 2.24) is 19.5 Å². The molecule has 0 aromatic carbocycles. The Morgan fingerprint density at radius 3 is 2.57 bits per heavy atom. The Hall–Kier alpha value is -1.38. The van der Waals surface area contributed by atoms with Crippen molar-refractivity contribution < 1.29 is 13.2 Å². The number of sulfonamides is 1. The Morgan fingerprint density at radius 1 is 1.35 bits per heavy atom. The Labute approximate surface area is 138 Å². The minimum atomic E-state index is -3.54. The van der Waals surface area contributed by atoms with Crippen LogP contribution >= 0.6 is 0 Å². The average Bonchev–Trinajstić information content (AvgIpc) is 3.17. The molecule has 2 heterocycles. The van der Waals surface area contributed by atoms with E-state index >= 15 is 0 Å².